The summed E-state index contributed by atoms with van der Waals surface area (Å²) in [7, 11) is 0. The topological polar surface area (TPSA) is 0 Å². The van der Waals surface area contributed by atoms with Crippen LogP contribution in [-0.2, 0) is 23.2 Å². The SMILES string of the molecule is C1=C[CH]([Zr+3][c]2ccccc2)c2ccccc21.[Cl-].[Cl-].[Cl-]. The summed E-state index contributed by atoms with van der Waals surface area (Å²) in [5, 5.41) is 0. The molecule has 0 heterocycles. The summed E-state index contributed by atoms with van der Waals surface area (Å²) in [6.45, 7) is 0. The van der Waals surface area contributed by atoms with E-state index in [1.807, 2.05) is 0 Å². The molecule has 0 spiro atoms. The van der Waals surface area contributed by atoms with Crippen LogP contribution in [0.3, 0.4) is 0 Å². The summed E-state index contributed by atoms with van der Waals surface area (Å²) in [4.78, 5) is 0. The average molecular weight is 390 g/mol. The van der Waals surface area contributed by atoms with Gasteiger partial charge in [0.25, 0.3) is 0 Å². The monoisotopic (exact) mass is 387 g/mol. The molecule has 0 radical (unpaired) electrons. The molecule has 1 aliphatic carbocycles. The van der Waals surface area contributed by atoms with E-state index < -0.39 is 23.2 Å². The van der Waals surface area contributed by atoms with E-state index >= 15 is 0 Å². The molecule has 1 aliphatic rings. The fourth-order valence-corrected chi connectivity index (χ4v) is 5.42. The van der Waals surface area contributed by atoms with Gasteiger partial charge in [0.15, 0.2) is 0 Å². The number of halogens is 3. The Kier molecular flexibility index (Phi) is 8.95. The fourth-order valence-electron chi connectivity index (χ4n) is 2.09. The van der Waals surface area contributed by atoms with Crippen LogP contribution in [0.1, 0.15) is 14.8 Å². The first kappa shape index (κ1) is 18.9. The first-order chi connectivity index (χ1) is 7.93. The zero-order valence-electron chi connectivity index (χ0n) is 10.1. The summed E-state index contributed by atoms with van der Waals surface area (Å²) in [5.41, 5.74) is 2.96. The molecule has 19 heavy (non-hydrogen) atoms. The fraction of sp³-hybridized carbons (Fsp3) is 0.0667. The quantitative estimate of drug-likeness (QED) is 0.480. The van der Waals surface area contributed by atoms with Gasteiger partial charge in [0, 0.05) is 0 Å². The van der Waals surface area contributed by atoms with Gasteiger partial charge in [-0.3, -0.25) is 0 Å². The Morgan fingerprint density at radius 3 is 2.11 bits per heavy atom. The maximum atomic E-state index is 2.39. The summed E-state index contributed by atoms with van der Waals surface area (Å²) in [6.07, 6.45) is 4.67. The van der Waals surface area contributed by atoms with Gasteiger partial charge in [0.1, 0.15) is 0 Å². The van der Waals surface area contributed by atoms with Gasteiger partial charge >= 0.3 is 108 Å². The molecule has 1 atom stereocenters. The summed E-state index contributed by atoms with van der Waals surface area (Å²) >= 11 is -0.530. The van der Waals surface area contributed by atoms with E-state index in [9.17, 15) is 0 Å². The van der Waals surface area contributed by atoms with Gasteiger partial charge in [-0.25, -0.2) is 0 Å². The third kappa shape index (κ3) is 4.46. The van der Waals surface area contributed by atoms with Crippen molar-refractivity contribution in [3.05, 3.63) is 71.8 Å². The van der Waals surface area contributed by atoms with Gasteiger partial charge in [-0.1, -0.05) is 0 Å². The van der Waals surface area contributed by atoms with Crippen molar-refractivity contribution in [3.8, 4) is 0 Å². The summed E-state index contributed by atoms with van der Waals surface area (Å²) in [6, 6.07) is 19.7. The summed E-state index contributed by atoms with van der Waals surface area (Å²) in [5.74, 6) is 0. The van der Waals surface area contributed by atoms with E-state index in [1.165, 1.54) is 11.1 Å². The average Bonchev–Trinajstić information content (AvgIpc) is 2.74. The van der Waals surface area contributed by atoms with Crippen LogP contribution >= 0.6 is 0 Å². The second-order valence-corrected chi connectivity index (χ2v) is 7.63. The molecule has 97 valence electrons. The van der Waals surface area contributed by atoms with E-state index in [2.05, 4.69) is 66.7 Å². The minimum Gasteiger partial charge on any atom is -1.00 e. The molecule has 0 nitrogen and oxygen atoms in total. The van der Waals surface area contributed by atoms with Crippen molar-refractivity contribution < 1.29 is 60.5 Å². The Hall–Kier alpha value is -0.0669. The molecule has 0 saturated carbocycles. The van der Waals surface area contributed by atoms with Crippen molar-refractivity contribution in [2.24, 2.45) is 0 Å². The van der Waals surface area contributed by atoms with Crippen LogP contribution < -0.4 is 40.5 Å². The van der Waals surface area contributed by atoms with Crippen LogP contribution in [0.2, 0.25) is 0 Å². The smallest absolute Gasteiger partial charge is 1.00 e. The normalized spacial score (nSPS) is 14.2. The Bertz CT molecular complexity index is 526. The molecule has 0 N–H and O–H groups in total. The maximum Gasteiger partial charge on any atom is -1.00 e. The predicted octanol–water partition coefficient (Wildman–Crippen LogP) is -5.83. The second-order valence-electron chi connectivity index (χ2n) is 3.98. The van der Waals surface area contributed by atoms with Crippen LogP contribution in [0.4, 0.5) is 0 Å². The molecule has 0 aromatic heterocycles. The van der Waals surface area contributed by atoms with Crippen molar-refractivity contribution in [2.45, 2.75) is 3.63 Å². The largest absolute Gasteiger partial charge is 1.00 e. The molecule has 0 aliphatic heterocycles. The third-order valence-electron chi connectivity index (χ3n) is 2.90. The first-order valence-corrected chi connectivity index (χ1v) is 8.17. The van der Waals surface area contributed by atoms with Crippen molar-refractivity contribution in [3.63, 3.8) is 0 Å². The van der Waals surface area contributed by atoms with Crippen LogP contribution in [0.25, 0.3) is 6.08 Å². The second kappa shape index (κ2) is 8.98. The number of hydrogen-bond donors (Lipinski definition) is 0. The number of hydrogen-bond acceptors (Lipinski definition) is 0. The molecule has 0 fully saturated rings. The van der Waals surface area contributed by atoms with Crippen LogP contribution in [0.5, 0.6) is 0 Å². The molecule has 0 bridgehead atoms. The molecular formula is C15H12Cl3Zr. The van der Waals surface area contributed by atoms with Crippen molar-refractivity contribution >= 4 is 9.35 Å². The van der Waals surface area contributed by atoms with Gasteiger partial charge in [0.05, 0.1) is 0 Å². The van der Waals surface area contributed by atoms with Gasteiger partial charge < -0.3 is 37.2 Å². The first-order valence-electron chi connectivity index (χ1n) is 5.52. The molecule has 0 amide bonds. The molecular weight excluding hydrogens is 378 g/mol. The number of allylic oxidation sites excluding steroid dienone is 1. The van der Waals surface area contributed by atoms with Crippen LogP contribution in [-0.4, -0.2) is 0 Å². The molecule has 2 aromatic rings. The molecule has 4 heteroatoms. The Labute approximate surface area is 144 Å². The number of rotatable bonds is 2. The molecule has 2 aromatic carbocycles. The van der Waals surface area contributed by atoms with Crippen molar-refractivity contribution in [2.75, 3.05) is 0 Å². The van der Waals surface area contributed by atoms with Crippen molar-refractivity contribution in [1.29, 1.82) is 0 Å². The molecule has 3 rings (SSSR count). The Morgan fingerprint density at radius 2 is 1.37 bits per heavy atom. The van der Waals surface area contributed by atoms with Gasteiger partial charge in [-0.05, 0) is 0 Å². The molecule has 0 saturated heterocycles. The van der Waals surface area contributed by atoms with E-state index in [4.69, 9.17) is 0 Å². The van der Waals surface area contributed by atoms with Crippen LogP contribution in [0.15, 0.2) is 60.7 Å². The number of fused-ring (bicyclic) bond motifs is 1. The van der Waals surface area contributed by atoms with E-state index in [0.717, 1.165) is 3.63 Å². The predicted molar refractivity (Wildman–Crippen MR) is 64.3 cm³/mol. The molecule has 1 unspecified atom stereocenters. The Morgan fingerprint density at radius 1 is 0.737 bits per heavy atom. The van der Waals surface area contributed by atoms with Gasteiger partial charge in [-0.15, -0.1) is 0 Å². The summed E-state index contributed by atoms with van der Waals surface area (Å²) < 4.78 is 2.31. The maximum absolute atomic E-state index is 2.39. The van der Waals surface area contributed by atoms with Gasteiger partial charge in [0.2, 0.25) is 0 Å². The minimum absolute atomic E-state index is 0. The third-order valence-corrected chi connectivity index (χ3v) is 6.54. The standard InChI is InChI=1S/C9H7.C6H5.3ClH.Zr/c1-2-5-9-7-3-6-8(9)4-1;1-2-4-6-5-3-1;;;;/h1-7H;1-5H;3*1H;/q;;;;;+3/p-3. The van der Waals surface area contributed by atoms with E-state index in [0.29, 0.717) is 0 Å². The van der Waals surface area contributed by atoms with Crippen molar-refractivity contribution in [1.82, 2.24) is 0 Å². The minimum atomic E-state index is -0.530. The van der Waals surface area contributed by atoms with E-state index in [1.54, 1.807) is 3.27 Å². The van der Waals surface area contributed by atoms with Gasteiger partial charge in [-0.2, -0.15) is 0 Å². The van der Waals surface area contributed by atoms with Crippen LogP contribution in [0, 0.1) is 0 Å². The Balaban J connectivity index is 0.00000108. The zero-order chi connectivity index (χ0) is 10.8. The van der Waals surface area contributed by atoms with E-state index in [-0.39, 0.29) is 37.2 Å². The number of benzene rings is 2. The zero-order valence-corrected chi connectivity index (χ0v) is 14.8.